The summed E-state index contributed by atoms with van der Waals surface area (Å²) in [5.74, 6) is -2.14. The number of aliphatic hydroxyl groups is 2. The molecular formula is C12H14O6. The molecule has 1 aromatic carbocycles. The van der Waals surface area contributed by atoms with E-state index in [1.54, 1.807) is 6.92 Å². The topological polar surface area (TPSA) is 104 Å². The van der Waals surface area contributed by atoms with Gasteiger partial charge in [-0.15, -0.1) is 0 Å². The zero-order valence-corrected chi connectivity index (χ0v) is 9.95. The van der Waals surface area contributed by atoms with Crippen LogP contribution in [0.1, 0.15) is 27.6 Å². The zero-order chi connectivity index (χ0) is 13.9. The van der Waals surface area contributed by atoms with Gasteiger partial charge >= 0.3 is 11.9 Å². The van der Waals surface area contributed by atoms with Crippen LogP contribution < -0.4 is 0 Å². The van der Waals surface area contributed by atoms with Crippen molar-refractivity contribution in [2.45, 2.75) is 19.1 Å². The first-order valence-corrected chi connectivity index (χ1v) is 5.16. The standard InChI is InChI=1S/C12H14O6/c1-6-3-4-7(11(15)16)5-8(6)9(13)10(14)12(17)18-2/h3-5,9-10,13-14H,1-2H3,(H,15,16). The van der Waals surface area contributed by atoms with Crippen molar-refractivity contribution in [3.8, 4) is 0 Å². The smallest absolute Gasteiger partial charge is 0.337 e. The van der Waals surface area contributed by atoms with Gasteiger partial charge in [-0.2, -0.15) is 0 Å². The van der Waals surface area contributed by atoms with E-state index in [-0.39, 0.29) is 11.1 Å². The molecule has 0 radical (unpaired) electrons. The summed E-state index contributed by atoms with van der Waals surface area (Å²) in [6.07, 6.45) is -3.28. The fourth-order valence-electron chi connectivity index (χ4n) is 1.51. The molecule has 1 aromatic rings. The van der Waals surface area contributed by atoms with Gasteiger partial charge in [0.1, 0.15) is 6.10 Å². The summed E-state index contributed by atoms with van der Waals surface area (Å²) in [5, 5.41) is 28.2. The molecule has 0 saturated carbocycles. The maximum Gasteiger partial charge on any atom is 0.337 e. The van der Waals surface area contributed by atoms with Crippen LogP contribution in [0.25, 0.3) is 0 Å². The van der Waals surface area contributed by atoms with E-state index >= 15 is 0 Å². The number of aryl methyl sites for hydroxylation is 1. The lowest BCUT2D eigenvalue weighted by molar-refractivity contribution is -0.156. The summed E-state index contributed by atoms with van der Waals surface area (Å²) < 4.78 is 4.31. The van der Waals surface area contributed by atoms with Crippen LogP contribution in [0, 0.1) is 6.92 Å². The molecule has 0 spiro atoms. The van der Waals surface area contributed by atoms with Gasteiger partial charge in [0.25, 0.3) is 0 Å². The van der Waals surface area contributed by atoms with Gasteiger partial charge in [-0.05, 0) is 30.2 Å². The number of methoxy groups -OCH3 is 1. The summed E-state index contributed by atoms with van der Waals surface area (Å²) in [6.45, 7) is 1.63. The number of esters is 1. The van der Waals surface area contributed by atoms with Crippen molar-refractivity contribution >= 4 is 11.9 Å². The minimum absolute atomic E-state index is 0.0354. The Kier molecular flexibility index (Phi) is 4.41. The molecule has 0 fully saturated rings. The van der Waals surface area contributed by atoms with Gasteiger partial charge in [-0.25, -0.2) is 9.59 Å². The van der Waals surface area contributed by atoms with E-state index in [4.69, 9.17) is 5.11 Å². The lowest BCUT2D eigenvalue weighted by Gasteiger charge is -2.18. The number of aliphatic hydroxyl groups excluding tert-OH is 2. The molecular weight excluding hydrogens is 240 g/mol. The first-order valence-electron chi connectivity index (χ1n) is 5.16. The third-order valence-corrected chi connectivity index (χ3v) is 2.59. The largest absolute Gasteiger partial charge is 0.478 e. The Morgan fingerprint density at radius 1 is 1.28 bits per heavy atom. The number of ether oxygens (including phenoxy) is 1. The Morgan fingerprint density at radius 3 is 2.39 bits per heavy atom. The SMILES string of the molecule is COC(=O)C(O)C(O)c1cc(C(=O)O)ccc1C. The molecule has 0 saturated heterocycles. The quantitative estimate of drug-likeness (QED) is 0.666. The number of rotatable bonds is 4. The molecule has 98 valence electrons. The first-order chi connectivity index (χ1) is 8.38. The molecule has 0 aliphatic rings. The molecule has 6 nitrogen and oxygen atoms in total. The predicted octanol–water partition coefficient (Wildman–Crippen LogP) is 0.261. The van der Waals surface area contributed by atoms with Crippen LogP contribution in [-0.4, -0.2) is 40.5 Å². The highest BCUT2D eigenvalue weighted by molar-refractivity contribution is 5.88. The van der Waals surface area contributed by atoms with Crippen LogP contribution in [-0.2, 0) is 9.53 Å². The average Bonchev–Trinajstić information content (AvgIpc) is 2.36. The minimum Gasteiger partial charge on any atom is -0.478 e. The molecule has 3 N–H and O–H groups in total. The Bertz CT molecular complexity index is 468. The third-order valence-electron chi connectivity index (χ3n) is 2.59. The van der Waals surface area contributed by atoms with E-state index in [2.05, 4.69) is 4.74 Å². The van der Waals surface area contributed by atoms with E-state index in [0.29, 0.717) is 5.56 Å². The van der Waals surface area contributed by atoms with Crippen LogP contribution in [0.2, 0.25) is 0 Å². The van der Waals surface area contributed by atoms with Crippen molar-refractivity contribution in [1.29, 1.82) is 0 Å². The van der Waals surface area contributed by atoms with E-state index in [1.165, 1.54) is 18.2 Å². The van der Waals surface area contributed by atoms with Gasteiger partial charge in [0.05, 0.1) is 12.7 Å². The third kappa shape index (κ3) is 2.85. The number of hydrogen-bond donors (Lipinski definition) is 3. The van der Waals surface area contributed by atoms with E-state index in [0.717, 1.165) is 7.11 Å². The first kappa shape index (κ1) is 14.1. The normalized spacial score (nSPS) is 13.8. The summed E-state index contributed by atoms with van der Waals surface area (Å²) >= 11 is 0. The molecule has 18 heavy (non-hydrogen) atoms. The monoisotopic (exact) mass is 254 g/mol. The van der Waals surface area contributed by atoms with Crippen LogP contribution in [0.3, 0.4) is 0 Å². The van der Waals surface area contributed by atoms with Crippen molar-refractivity contribution in [1.82, 2.24) is 0 Å². The molecule has 1 rings (SSSR count). The summed E-state index contributed by atoms with van der Waals surface area (Å²) in [7, 11) is 1.08. The van der Waals surface area contributed by atoms with Gasteiger partial charge in [-0.1, -0.05) is 6.07 Å². The second-order valence-corrected chi connectivity index (χ2v) is 3.79. The van der Waals surface area contributed by atoms with Crippen LogP contribution in [0.4, 0.5) is 0 Å². The van der Waals surface area contributed by atoms with Crippen molar-refractivity contribution in [3.63, 3.8) is 0 Å². The number of benzene rings is 1. The van der Waals surface area contributed by atoms with Gasteiger partial charge in [0.15, 0.2) is 6.10 Å². The highest BCUT2D eigenvalue weighted by atomic mass is 16.5. The summed E-state index contributed by atoms with van der Waals surface area (Å²) in [6, 6.07) is 4.08. The molecule has 0 heterocycles. The molecule has 6 heteroatoms. The van der Waals surface area contributed by atoms with Gasteiger partial charge in [-0.3, -0.25) is 0 Å². The molecule has 0 aromatic heterocycles. The van der Waals surface area contributed by atoms with Crippen molar-refractivity contribution in [2.75, 3.05) is 7.11 Å². The van der Waals surface area contributed by atoms with Gasteiger partial charge in [0, 0.05) is 0 Å². The number of carbonyl (C=O) groups excluding carboxylic acids is 1. The predicted molar refractivity (Wildman–Crippen MR) is 61.1 cm³/mol. The summed E-state index contributed by atoms with van der Waals surface area (Å²) in [5.41, 5.74) is 0.704. The zero-order valence-electron chi connectivity index (χ0n) is 9.95. The Morgan fingerprint density at radius 2 is 1.89 bits per heavy atom. The average molecular weight is 254 g/mol. The van der Waals surface area contributed by atoms with Crippen molar-refractivity contribution in [2.24, 2.45) is 0 Å². The van der Waals surface area contributed by atoms with Crippen molar-refractivity contribution < 1.29 is 29.6 Å². The molecule has 0 amide bonds. The maximum absolute atomic E-state index is 11.1. The number of carbonyl (C=O) groups is 2. The fourth-order valence-corrected chi connectivity index (χ4v) is 1.51. The minimum atomic E-state index is -1.75. The van der Waals surface area contributed by atoms with E-state index in [9.17, 15) is 19.8 Å². The second kappa shape index (κ2) is 5.61. The fraction of sp³-hybridized carbons (Fsp3) is 0.333. The number of carboxylic acid groups (broad SMARTS) is 1. The highest BCUT2D eigenvalue weighted by Crippen LogP contribution is 2.23. The Hall–Kier alpha value is -1.92. The molecule has 0 bridgehead atoms. The lowest BCUT2D eigenvalue weighted by atomic mass is 9.97. The number of carboxylic acids is 1. The number of aromatic carboxylic acids is 1. The van der Waals surface area contributed by atoms with Crippen LogP contribution in [0.15, 0.2) is 18.2 Å². The van der Waals surface area contributed by atoms with E-state index < -0.39 is 24.1 Å². The number of hydrogen-bond acceptors (Lipinski definition) is 5. The Balaban J connectivity index is 3.11. The highest BCUT2D eigenvalue weighted by Gasteiger charge is 2.28. The van der Waals surface area contributed by atoms with Crippen LogP contribution >= 0.6 is 0 Å². The molecule has 2 unspecified atom stereocenters. The van der Waals surface area contributed by atoms with Gasteiger partial charge < -0.3 is 20.1 Å². The Labute approximate surface area is 103 Å². The van der Waals surface area contributed by atoms with Crippen molar-refractivity contribution in [3.05, 3.63) is 34.9 Å². The second-order valence-electron chi connectivity index (χ2n) is 3.79. The van der Waals surface area contributed by atoms with E-state index in [1.807, 2.05) is 0 Å². The summed E-state index contributed by atoms with van der Waals surface area (Å²) in [4.78, 5) is 21.9. The molecule has 2 atom stereocenters. The maximum atomic E-state index is 11.1. The molecule has 0 aliphatic carbocycles. The van der Waals surface area contributed by atoms with Gasteiger partial charge in [0.2, 0.25) is 0 Å². The van der Waals surface area contributed by atoms with Crippen LogP contribution in [0.5, 0.6) is 0 Å². The molecule has 0 aliphatic heterocycles. The lowest BCUT2D eigenvalue weighted by Crippen LogP contribution is -2.29.